The fourth-order valence-electron chi connectivity index (χ4n) is 4.27. The Hall–Kier alpha value is -2.08. The van der Waals surface area contributed by atoms with Gasteiger partial charge >= 0.3 is 0 Å². The van der Waals surface area contributed by atoms with E-state index in [9.17, 15) is 0 Å². The van der Waals surface area contributed by atoms with Crippen LogP contribution in [0.15, 0.2) is 60.7 Å². The lowest BCUT2D eigenvalue weighted by atomic mass is 9.74. The monoisotopic (exact) mass is 521 g/mol. The quantitative estimate of drug-likeness (QED) is 0.276. The van der Waals surface area contributed by atoms with Crippen molar-refractivity contribution in [1.82, 2.24) is 0 Å². The second-order valence-corrected chi connectivity index (χ2v) is 13.3. The third-order valence-corrected chi connectivity index (χ3v) is 6.04. The molecule has 0 aromatic heterocycles. The Morgan fingerprint density at radius 1 is 0.316 bits per heavy atom. The molecule has 0 spiro atoms. The fourth-order valence-corrected chi connectivity index (χ4v) is 4.27. The molecule has 0 heteroatoms. The van der Waals surface area contributed by atoms with Gasteiger partial charge in [-0.2, -0.15) is 0 Å². The Balaban J connectivity index is 0. The molecule has 0 aliphatic heterocycles. The molecule has 0 aliphatic carbocycles. The normalized spacial score (nSPS) is 11.4. The van der Waals surface area contributed by atoms with Crippen molar-refractivity contribution in [3.05, 3.63) is 82.9 Å². The minimum atomic E-state index is 0.187. The van der Waals surface area contributed by atoms with Crippen LogP contribution in [0, 0.1) is 0 Å². The van der Waals surface area contributed by atoms with E-state index in [0.29, 0.717) is 0 Å². The zero-order valence-corrected chi connectivity index (χ0v) is 28.8. The van der Waals surface area contributed by atoms with Crippen LogP contribution in [-0.4, -0.2) is 0 Å². The van der Waals surface area contributed by atoms with E-state index in [-0.39, 0.29) is 21.7 Å². The van der Waals surface area contributed by atoms with Crippen LogP contribution in [0.25, 0.3) is 10.8 Å². The highest BCUT2D eigenvalue weighted by molar-refractivity contribution is 5.84. The van der Waals surface area contributed by atoms with E-state index in [0.717, 1.165) is 0 Å². The van der Waals surface area contributed by atoms with Crippen molar-refractivity contribution >= 4 is 10.8 Å². The molecule has 0 unspecified atom stereocenters. The summed E-state index contributed by atoms with van der Waals surface area (Å²) in [7, 11) is 0. The van der Waals surface area contributed by atoms with Crippen molar-refractivity contribution < 1.29 is 0 Å². The maximum absolute atomic E-state index is 2.37. The van der Waals surface area contributed by atoms with Crippen molar-refractivity contribution in [2.24, 2.45) is 0 Å². The second-order valence-electron chi connectivity index (χ2n) is 13.3. The van der Waals surface area contributed by atoms with Crippen molar-refractivity contribution in [1.29, 1.82) is 0 Å². The van der Waals surface area contributed by atoms with Crippen molar-refractivity contribution in [2.75, 3.05) is 0 Å². The average Bonchev–Trinajstić information content (AvgIpc) is 2.85. The molecule has 3 aromatic carbocycles. The van der Waals surface area contributed by atoms with Crippen LogP contribution in [0.5, 0.6) is 0 Å². The Morgan fingerprint density at radius 3 is 0.737 bits per heavy atom. The lowest BCUT2D eigenvalue weighted by Gasteiger charge is -2.30. The number of hydrogen-bond donors (Lipinski definition) is 0. The molecule has 0 bridgehead atoms. The lowest BCUT2D eigenvalue weighted by Crippen LogP contribution is -2.21. The molecule has 0 radical (unpaired) electrons. The van der Waals surface area contributed by atoms with Crippen LogP contribution in [0.3, 0.4) is 0 Å². The fraction of sp³-hybridized carbons (Fsp3) is 0.579. The van der Waals surface area contributed by atoms with E-state index in [2.05, 4.69) is 144 Å². The Labute approximate surface area is 239 Å². The summed E-state index contributed by atoms with van der Waals surface area (Å²) in [6.07, 6.45) is 0. The summed E-state index contributed by atoms with van der Waals surface area (Å²) in [6.45, 7) is 39.4. The standard InChI is InChI=1S/C18H24.C14H22.3C2H6/c1-17(2,3)15-11-13-9-7-8-10-14(13)12-16(15)18(4,5)6;1-13(2,3)11-9-7-8-10-12(11)14(4,5)6;3*1-2/h7-12H,1-6H3;7-10H,1-6H3;3*1-2H3. The van der Waals surface area contributed by atoms with Crippen LogP contribution in [0.4, 0.5) is 0 Å². The minimum Gasteiger partial charge on any atom is -0.0683 e. The van der Waals surface area contributed by atoms with E-state index in [1.54, 1.807) is 0 Å². The number of hydrogen-bond acceptors (Lipinski definition) is 0. The van der Waals surface area contributed by atoms with Crippen LogP contribution in [-0.2, 0) is 21.7 Å². The predicted molar refractivity (Wildman–Crippen MR) is 179 cm³/mol. The van der Waals surface area contributed by atoms with Crippen LogP contribution < -0.4 is 0 Å². The highest BCUT2D eigenvalue weighted by Crippen LogP contribution is 2.36. The third-order valence-electron chi connectivity index (χ3n) is 6.04. The molecule has 0 nitrogen and oxygen atoms in total. The van der Waals surface area contributed by atoms with Gasteiger partial charge in [-0.3, -0.25) is 0 Å². The van der Waals surface area contributed by atoms with Gasteiger partial charge in [0.1, 0.15) is 0 Å². The molecule has 0 N–H and O–H groups in total. The van der Waals surface area contributed by atoms with Crippen LogP contribution >= 0.6 is 0 Å². The molecule has 0 fully saturated rings. The third kappa shape index (κ3) is 11.8. The summed E-state index contributed by atoms with van der Waals surface area (Å²) in [5.74, 6) is 0. The Morgan fingerprint density at radius 2 is 0.526 bits per heavy atom. The lowest BCUT2D eigenvalue weighted by molar-refractivity contribution is 0.530. The van der Waals surface area contributed by atoms with Gasteiger partial charge in [-0.25, -0.2) is 0 Å². The van der Waals surface area contributed by atoms with Gasteiger partial charge in [0, 0.05) is 0 Å². The first kappa shape index (κ1) is 38.1. The van der Waals surface area contributed by atoms with Gasteiger partial charge in [0.05, 0.1) is 0 Å². The summed E-state index contributed by atoms with van der Waals surface area (Å²) in [4.78, 5) is 0. The van der Waals surface area contributed by atoms with Crippen molar-refractivity contribution in [2.45, 2.75) is 146 Å². The molecule has 3 rings (SSSR count). The second kappa shape index (κ2) is 16.1. The maximum Gasteiger partial charge on any atom is -0.0129 e. The van der Waals surface area contributed by atoms with E-state index in [1.807, 2.05) is 41.5 Å². The molecule has 0 atom stereocenters. The zero-order valence-electron chi connectivity index (χ0n) is 28.8. The van der Waals surface area contributed by atoms with E-state index in [4.69, 9.17) is 0 Å². The van der Waals surface area contributed by atoms with Gasteiger partial charge in [0.2, 0.25) is 0 Å². The SMILES string of the molecule is CC.CC.CC.CC(C)(C)c1cc2ccccc2cc1C(C)(C)C.CC(C)(C)c1ccccc1C(C)(C)C. The smallest absolute Gasteiger partial charge is 0.0129 e. The van der Waals surface area contributed by atoms with Crippen LogP contribution in [0.2, 0.25) is 0 Å². The highest BCUT2D eigenvalue weighted by atomic mass is 14.3. The molecular weight excluding hydrogens is 456 g/mol. The molecule has 0 saturated carbocycles. The van der Waals surface area contributed by atoms with E-state index < -0.39 is 0 Å². The largest absolute Gasteiger partial charge is 0.0683 e. The molecule has 38 heavy (non-hydrogen) atoms. The zero-order chi connectivity index (χ0) is 30.5. The van der Waals surface area contributed by atoms with Crippen LogP contribution in [0.1, 0.15) is 147 Å². The van der Waals surface area contributed by atoms with Gasteiger partial charge in [0.15, 0.2) is 0 Å². The molecule has 3 aromatic rings. The highest BCUT2D eigenvalue weighted by Gasteiger charge is 2.25. The van der Waals surface area contributed by atoms with Gasteiger partial charge in [-0.15, -0.1) is 0 Å². The van der Waals surface area contributed by atoms with Crippen molar-refractivity contribution in [3.8, 4) is 0 Å². The first-order valence-corrected chi connectivity index (χ1v) is 15.1. The molecule has 216 valence electrons. The number of rotatable bonds is 0. The van der Waals surface area contributed by atoms with Gasteiger partial charge in [-0.1, -0.05) is 185 Å². The molecule has 0 heterocycles. The summed E-state index contributed by atoms with van der Waals surface area (Å²) in [6, 6.07) is 22.2. The Kier molecular flexibility index (Phi) is 16.2. The molecular formula is C38H64. The molecule has 0 amide bonds. The molecule has 0 aliphatic rings. The van der Waals surface area contributed by atoms with E-state index >= 15 is 0 Å². The van der Waals surface area contributed by atoms with Crippen molar-refractivity contribution in [3.63, 3.8) is 0 Å². The first-order valence-electron chi connectivity index (χ1n) is 15.1. The summed E-state index contributed by atoms with van der Waals surface area (Å²) < 4.78 is 0. The summed E-state index contributed by atoms with van der Waals surface area (Å²) in [5, 5.41) is 2.69. The minimum absolute atomic E-state index is 0.187. The first-order chi connectivity index (χ1) is 17.4. The number of benzene rings is 3. The summed E-state index contributed by atoms with van der Waals surface area (Å²) in [5.41, 5.74) is 6.72. The predicted octanol–water partition coefficient (Wildman–Crippen LogP) is 12.8. The van der Waals surface area contributed by atoms with Gasteiger partial charge in [0.25, 0.3) is 0 Å². The molecule has 0 saturated heterocycles. The Bertz CT molecular complexity index is 953. The topological polar surface area (TPSA) is 0 Å². The number of fused-ring (bicyclic) bond motifs is 1. The van der Waals surface area contributed by atoms with Gasteiger partial charge < -0.3 is 0 Å². The average molecular weight is 521 g/mol. The van der Waals surface area contributed by atoms with Gasteiger partial charge in [-0.05, 0) is 54.7 Å². The maximum atomic E-state index is 2.37. The van der Waals surface area contributed by atoms with E-state index in [1.165, 1.54) is 33.0 Å². The summed E-state index contributed by atoms with van der Waals surface area (Å²) >= 11 is 0.